The Morgan fingerprint density at radius 3 is 2.88 bits per heavy atom. The van der Waals surface area contributed by atoms with Crippen molar-refractivity contribution in [2.45, 2.75) is 26.4 Å². The Hall–Kier alpha value is -1.32. The van der Waals surface area contributed by atoms with Gasteiger partial charge in [-0.1, -0.05) is 23.7 Å². The Balaban J connectivity index is 2.27. The SMILES string of the molecule is CCn1c(CN)cnc1Cc1cccc(Cl)c1. The average Bonchev–Trinajstić information content (AvgIpc) is 2.71. The molecule has 0 spiro atoms. The predicted octanol–water partition coefficient (Wildman–Crippen LogP) is 2.61. The second-order valence-corrected chi connectivity index (χ2v) is 4.36. The van der Waals surface area contributed by atoms with E-state index < -0.39 is 0 Å². The van der Waals surface area contributed by atoms with E-state index in [4.69, 9.17) is 17.3 Å². The first-order chi connectivity index (χ1) is 8.24. The lowest BCUT2D eigenvalue weighted by atomic mass is 10.1. The van der Waals surface area contributed by atoms with E-state index in [0.717, 1.165) is 29.5 Å². The highest BCUT2D eigenvalue weighted by Gasteiger charge is 2.08. The first-order valence-corrected chi connectivity index (χ1v) is 6.10. The Kier molecular flexibility index (Phi) is 3.82. The van der Waals surface area contributed by atoms with Crippen LogP contribution in [-0.2, 0) is 19.5 Å². The van der Waals surface area contributed by atoms with E-state index in [1.807, 2.05) is 24.4 Å². The Bertz CT molecular complexity index is 505. The molecule has 0 aliphatic carbocycles. The van der Waals surface area contributed by atoms with Crippen LogP contribution in [0.5, 0.6) is 0 Å². The summed E-state index contributed by atoms with van der Waals surface area (Å²) in [6.07, 6.45) is 2.64. The molecule has 4 heteroatoms. The molecule has 0 unspecified atom stereocenters. The van der Waals surface area contributed by atoms with Crippen molar-refractivity contribution in [3.63, 3.8) is 0 Å². The molecule has 0 bridgehead atoms. The van der Waals surface area contributed by atoms with E-state index in [1.165, 1.54) is 5.56 Å². The van der Waals surface area contributed by atoms with Gasteiger partial charge in [-0.15, -0.1) is 0 Å². The van der Waals surface area contributed by atoms with Gasteiger partial charge in [-0.2, -0.15) is 0 Å². The molecule has 0 aliphatic rings. The molecule has 90 valence electrons. The number of halogens is 1. The summed E-state index contributed by atoms with van der Waals surface area (Å²) < 4.78 is 2.15. The van der Waals surface area contributed by atoms with E-state index >= 15 is 0 Å². The van der Waals surface area contributed by atoms with Crippen molar-refractivity contribution in [2.75, 3.05) is 0 Å². The molecule has 0 atom stereocenters. The third-order valence-electron chi connectivity index (χ3n) is 2.80. The normalized spacial score (nSPS) is 10.8. The first-order valence-electron chi connectivity index (χ1n) is 5.72. The topological polar surface area (TPSA) is 43.8 Å². The molecule has 17 heavy (non-hydrogen) atoms. The zero-order chi connectivity index (χ0) is 12.3. The van der Waals surface area contributed by atoms with Gasteiger partial charge in [-0.05, 0) is 24.6 Å². The van der Waals surface area contributed by atoms with Crippen molar-refractivity contribution in [2.24, 2.45) is 5.73 Å². The number of nitrogens with two attached hydrogens (primary N) is 1. The van der Waals surface area contributed by atoms with Crippen molar-refractivity contribution in [3.8, 4) is 0 Å². The third-order valence-corrected chi connectivity index (χ3v) is 3.03. The smallest absolute Gasteiger partial charge is 0.113 e. The van der Waals surface area contributed by atoms with Crippen molar-refractivity contribution in [1.29, 1.82) is 0 Å². The second-order valence-electron chi connectivity index (χ2n) is 3.92. The lowest BCUT2D eigenvalue weighted by Crippen LogP contribution is -2.09. The summed E-state index contributed by atoms with van der Waals surface area (Å²) in [5.41, 5.74) is 7.92. The summed E-state index contributed by atoms with van der Waals surface area (Å²) in [6, 6.07) is 7.87. The van der Waals surface area contributed by atoms with E-state index in [2.05, 4.69) is 22.5 Å². The number of hydrogen-bond donors (Lipinski definition) is 1. The fourth-order valence-corrected chi connectivity index (χ4v) is 2.19. The zero-order valence-electron chi connectivity index (χ0n) is 9.86. The molecular formula is C13H16ClN3. The predicted molar refractivity (Wildman–Crippen MR) is 70.1 cm³/mol. The van der Waals surface area contributed by atoms with Crippen LogP contribution in [0.3, 0.4) is 0 Å². The highest BCUT2D eigenvalue weighted by Crippen LogP contribution is 2.15. The van der Waals surface area contributed by atoms with E-state index in [1.54, 1.807) is 0 Å². The maximum atomic E-state index is 5.97. The highest BCUT2D eigenvalue weighted by molar-refractivity contribution is 6.30. The number of aromatic nitrogens is 2. The molecule has 0 saturated heterocycles. The molecule has 2 aromatic rings. The van der Waals surface area contributed by atoms with Crippen LogP contribution in [0.1, 0.15) is 24.0 Å². The minimum atomic E-state index is 0.524. The largest absolute Gasteiger partial charge is 0.331 e. The van der Waals surface area contributed by atoms with E-state index in [9.17, 15) is 0 Å². The monoisotopic (exact) mass is 249 g/mol. The summed E-state index contributed by atoms with van der Waals surface area (Å²) in [6.45, 7) is 3.52. The number of imidazole rings is 1. The van der Waals surface area contributed by atoms with Gasteiger partial charge in [0.15, 0.2) is 0 Å². The Morgan fingerprint density at radius 1 is 1.41 bits per heavy atom. The molecule has 1 aromatic heterocycles. The number of nitrogens with zero attached hydrogens (tertiary/aromatic N) is 2. The molecule has 0 saturated carbocycles. The van der Waals surface area contributed by atoms with E-state index in [-0.39, 0.29) is 0 Å². The van der Waals surface area contributed by atoms with Gasteiger partial charge in [-0.3, -0.25) is 0 Å². The summed E-state index contributed by atoms with van der Waals surface area (Å²) in [5.74, 6) is 1.04. The van der Waals surface area contributed by atoms with Crippen molar-refractivity contribution in [3.05, 3.63) is 52.6 Å². The number of rotatable bonds is 4. The summed E-state index contributed by atoms with van der Waals surface area (Å²) in [5, 5.41) is 0.760. The highest BCUT2D eigenvalue weighted by atomic mass is 35.5. The van der Waals surface area contributed by atoms with E-state index in [0.29, 0.717) is 6.54 Å². The molecule has 2 rings (SSSR count). The van der Waals surface area contributed by atoms with Crippen molar-refractivity contribution in [1.82, 2.24) is 9.55 Å². The van der Waals surface area contributed by atoms with Crippen LogP contribution in [0.25, 0.3) is 0 Å². The third kappa shape index (κ3) is 2.68. The molecule has 0 amide bonds. The number of benzene rings is 1. The van der Waals surface area contributed by atoms with Gasteiger partial charge in [0.05, 0.1) is 5.69 Å². The van der Waals surface area contributed by atoms with Gasteiger partial charge < -0.3 is 10.3 Å². The van der Waals surface area contributed by atoms with Crippen LogP contribution in [-0.4, -0.2) is 9.55 Å². The van der Waals surface area contributed by atoms with Crippen LogP contribution in [0.2, 0.25) is 5.02 Å². The maximum Gasteiger partial charge on any atom is 0.113 e. The average molecular weight is 250 g/mol. The second kappa shape index (κ2) is 5.34. The van der Waals surface area contributed by atoms with Crippen molar-refractivity contribution >= 4 is 11.6 Å². The lowest BCUT2D eigenvalue weighted by Gasteiger charge is -2.08. The van der Waals surface area contributed by atoms with Gasteiger partial charge in [-0.25, -0.2) is 4.98 Å². The first kappa shape index (κ1) is 12.1. The van der Waals surface area contributed by atoms with Gasteiger partial charge in [0, 0.05) is 30.7 Å². The summed E-state index contributed by atoms with van der Waals surface area (Å²) in [7, 11) is 0. The Morgan fingerprint density at radius 2 is 2.24 bits per heavy atom. The van der Waals surface area contributed by atoms with Gasteiger partial charge in [0.1, 0.15) is 5.82 Å². The molecule has 3 nitrogen and oxygen atoms in total. The molecule has 0 fully saturated rings. The van der Waals surface area contributed by atoms with Crippen LogP contribution in [0.15, 0.2) is 30.5 Å². The molecule has 2 N–H and O–H groups in total. The standard InChI is InChI=1S/C13H16ClN3/c1-2-17-12(8-15)9-16-13(17)7-10-4-3-5-11(14)6-10/h3-6,9H,2,7-8,15H2,1H3. The molecule has 0 radical (unpaired) electrons. The van der Waals surface area contributed by atoms with Crippen LogP contribution < -0.4 is 5.73 Å². The minimum absolute atomic E-state index is 0.524. The molecular weight excluding hydrogens is 234 g/mol. The van der Waals surface area contributed by atoms with Gasteiger partial charge >= 0.3 is 0 Å². The van der Waals surface area contributed by atoms with Crippen LogP contribution in [0.4, 0.5) is 0 Å². The van der Waals surface area contributed by atoms with Crippen LogP contribution >= 0.6 is 11.6 Å². The zero-order valence-corrected chi connectivity index (χ0v) is 10.6. The van der Waals surface area contributed by atoms with Crippen molar-refractivity contribution < 1.29 is 0 Å². The molecule has 0 aliphatic heterocycles. The van der Waals surface area contributed by atoms with Gasteiger partial charge in [0.2, 0.25) is 0 Å². The Labute approximate surface area is 106 Å². The molecule has 1 aromatic carbocycles. The van der Waals surface area contributed by atoms with Crippen LogP contribution in [0, 0.1) is 0 Å². The lowest BCUT2D eigenvalue weighted by molar-refractivity contribution is 0.674. The molecule has 1 heterocycles. The fraction of sp³-hybridized carbons (Fsp3) is 0.308. The van der Waals surface area contributed by atoms with Gasteiger partial charge in [0.25, 0.3) is 0 Å². The minimum Gasteiger partial charge on any atom is -0.331 e. The maximum absolute atomic E-state index is 5.97. The summed E-state index contributed by atoms with van der Waals surface area (Å²) >= 11 is 5.97. The quantitative estimate of drug-likeness (QED) is 0.905. The summed E-state index contributed by atoms with van der Waals surface area (Å²) in [4.78, 5) is 4.42. The fourth-order valence-electron chi connectivity index (χ4n) is 1.97. The number of hydrogen-bond acceptors (Lipinski definition) is 2.